The second kappa shape index (κ2) is 9.49. The van der Waals surface area contributed by atoms with Gasteiger partial charge in [-0.1, -0.05) is 47.0 Å². The minimum Gasteiger partial charge on any atom is -0.487 e. The topological polar surface area (TPSA) is 114 Å². The van der Waals surface area contributed by atoms with Crippen molar-refractivity contribution in [3.63, 3.8) is 0 Å². The van der Waals surface area contributed by atoms with Gasteiger partial charge < -0.3 is 9.47 Å². The molecule has 3 aromatic carbocycles. The van der Waals surface area contributed by atoms with E-state index < -0.39 is 14.9 Å². The molecule has 0 spiro atoms. The largest absolute Gasteiger partial charge is 0.487 e. The van der Waals surface area contributed by atoms with Crippen molar-refractivity contribution < 1.29 is 22.8 Å². The summed E-state index contributed by atoms with van der Waals surface area (Å²) < 4.78 is 38.5. The fourth-order valence-electron chi connectivity index (χ4n) is 3.17. The molecule has 12 heteroatoms. The molecule has 176 valence electrons. The standard InChI is InChI=1S/C22H17Cl2N3O6S/c1-14-5-8-16(9-6-14)34(30,31)26-20-10-7-15(27(28)29)13-17(20)22(25-26)33-12-11-32-21-18(23)3-2-4-19(21)24/h2-10,13H,11-12H2,1H3. The summed E-state index contributed by atoms with van der Waals surface area (Å²) in [5, 5.41) is 16.2. The predicted octanol–water partition coefficient (Wildman–Crippen LogP) is 5.25. The Labute approximate surface area is 204 Å². The average Bonchev–Trinajstić information content (AvgIpc) is 3.17. The quantitative estimate of drug-likeness (QED) is 0.176. The van der Waals surface area contributed by atoms with Crippen LogP contribution in [-0.4, -0.2) is 35.7 Å². The van der Waals surface area contributed by atoms with Crippen molar-refractivity contribution in [1.82, 2.24) is 9.19 Å². The van der Waals surface area contributed by atoms with Gasteiger partial charge in [0, 0.05) is 12.1 Å². The van der Waals surface area contributed by atoms with Crippen LogP contribution in [0.2, 0.25) is 10.0 Å². The average molecular weight is 522 g/mol. The Morgan fingerprint density at radius 1 is 1.00 bits per heavy atom. The molecule has 0 saturated carbocycles. The van der Waals surface area contributed by atoms with Crippen LogP contribution in [0, 0.1) is 17.0 Å². The number of aromatic nitrogens is 2. The third-order valence-corrected chi connectivity index (χ3v) is 7.04. The van der Waals surface area contributed by atoms with E-state index in [0.29, 0.717) is 10.0 Å². The van der Waals surface area contributed by atoms with Crippen LogP contribution in [0.5, 0.6) is 11.6 Å². The first-order valence-electron chi connectivity index (χ1n) is 9.87. The maximum atomic E-state index is 13.2. The van der Waals surface area contributed by atoms with E-state index in [1.54, 1.807) is 30.3 Å². The highest BCUT2D eigenvalue weighted by atomic mass is 35.5. The lowest BCUT2D eigenvalue weighted by atomic mass is 10.2. The van der Waals surface area contributed by atoms with E-state index in [2.05, 4.69) is 5.10 Å². The molecule has 0 aliphatic heterocycles. The molecule has 1 aromatic heterocycles. The van der Waals surface area contributed by atoms with Gasteiger partial charge in [-0.2, -0.15) is 8.42 Å². The van der Waals surface area contributed by atoms with Crippen LogP contribution < -0.4 is 9.47 Å². The number of nitro groups is 1. The number of hydrogen-bond donors (Lipinski definition) is 0. The number of nitro benzene ring substituents is 1. The number of nitrogens with zero attached hydrogens (tertiary/aromatic N) is 3. The summed E-state index contributed by atoms with van der Waals surface area (Å²) in [5.41, 5.74) is 0.794. The number of ether oxygens (including phenoxy) is 2. The van der Waals surface area contributed by atoms with Gasteiger partial charge in [-0.15, -0.1) is 9.19 Å². The number of hydrogen-bond acceptors (Lipinski definition) is 7. The van der Waals surface area contributed by atoms with Crippen molar-refractivity contribution in [2.75, 3.05) is 13.2 Å². The number of fused-ring (bicyclic) bond motifs is 1. The van der Waals surface area contributed by atoms with Gasteiger partial charge in [-0.05, 0) is 37.3 Å². The van der Waals surface area contributed by atoms with Crippen LogP contribution in [0.1, 0.15) is 5.56 Å². The molecule has 34 heavy (non-hydrogen) atoms. The van der Waals surface area contributed by atoms with Gasteiger partial charge in [0.15, 0.2) is 5.75 Å². The van der Waals surface area contributed by atoms with Gasteiger partial charge in [0.05, 0.1) is 30.8 Å². The monoisotopic (exact) mass is 521 g/mol. The zero-order valence-corrected chi connectivity index (χ0v) is 20.0. The van der Waals surface area contributed by atoms with E-state index >= 15 is 0 Å². The van der Waals surface area contributed by atoms with Gasteiger partial charge in [-0.3, -0.25) is 10.1 Å². The van der Waals surface area contributed by atoms with E-state index in [4.69, 9.17) is 32.7 Å². The summed E-state index contributed by atoms with van der Waals surface area (Å²) in [6.07, 6.45) is 0. The first kappa shape index (κ1) is 23.8. The van der Waals surface area contributed by atoms with Crippen LogP contribution in [0.15, 0.2) is 65.6 Å². The van der Waals surface area contributed by atoms with E-state index in [-0.39, 0.29) is 46.3 Å². The van der Waals surface area contributed by atoms with Crippen molar-refractivity contribution >= 4 is 49.8 Å². The van der Waals surface area contributed by atoms with Crippen molar-refractivity contribution in [3.05, 3.63) is 86.4 Å². The molecule has 4 rings (SSSR count). The molecule has 0 aliphatic rings. The number of halogens is 2. The number of benzene rings is 3. The summed E-state index contributed by atoms with van der Waals surface area (Å²) >= 11 is 12.2. The number of non-ortho nitro benzene ring substituents is 1. The lowest BCUT2D eigenvalue weighted by molar-refractivity contribution is -0.384. The minimum atomic E-state index is -4.09. The summed E-state index contributed by atoms with van der Waals surface area (Å²) in [4.78, 5) is 10.7. The molecule has 0 fully saturated rings. The Kier molecular flexibility index (Phi) is 6.65. The molecule has 0 saturated heterocycles. The summed E-state index contributed by atoms with van der Waals surface area (Å²) in [5.74, 6) is 0.186. The Balaban J connectivity index is 1.66. The predicted molar refractivity (Wildman–Crippen MR) is 128 cm³/mol. The Morgan fingerprint density at radius 2 is 1.65 bits per heavy atom. The molecule has 0 unspecified atom stereocenters. The van der Waals surface area contributed by atoms with E-state index in [1.165, 1.54) is 30.3 Å². The van der Waals surface area contributed by atoms with Crippen molar-refractivity contribution in [2.45, 2.75) is 11.8 Å². The highest BCUT2D eigenvalue weighted by molar-refractivity contribution is 7.90. The molecule has 9 nitrogen and oxygen atoms in total. The fraction of sp³-hybridized carbons (Fsp3) is 0.136. The molecule has 0 atom stereocenters. The van der Waals surface area contributed by atoms with Crippen molar-refractivity contribution in [1.29, 1.82) is 0 Å². The fourth-order valence-corrected chi connectivity index (χ4v) is 4.95. The maximum absolute atomic E-state index is 13.2. The third-order valence-electron chi connectivity index (χ3n) is 4.84. The van der Waals surface area contributed by atoms with Crippen LogP contribution in [-0.2, 0) is 10.0 Å². The molecule has 0 aliphatic carbocycles. The van der Waals surface area contributed by atoms with Crippen LogP contribution in [0.4, 0.5) is 5.69 Å². The second-order valence-electron chi connectivity index (χ2n) is 7.17. The SMILES string of the molecule is Cc1ccc(S(=O)(=O)n2nc(OCCOc3c(Cl)cccc3Cl)c3cc([N+](=O)[O-])ccc32)cc1. The zero-order chi connectivity index (χ0) is 24.5. The lowest BCUT2D eigenvalue weighted by Crippen LogP contribution is -2.15. The summed E-state index contributed by atoms with van der Waals surface area (Å²) in [6.45, 7) is 1.79. The normalized spacial score (nSPS) is 11.5. The van der Waals surface area contributed by atoms with Gasteiger partial charge >= 0.3 is 0 Å². The molecular weight excluding hydrogens is 505 g/mol. The zero-order valence-electron chi connectivity index (χ0n) is 17.6. The molecule has 4 aromatic rings. The van der Waals surface area contributed by atoms with Crippen molar-refractivity contribution in [2.24, 2.45) is 0 Å². The van der Waals surface area contributed by atoms with Crippen LogP contribution in [0.25, 0.3) is 10.9 Å². The van der Waals surface area contributed by atoms with E-state index in [1.807, 2.05) is 6.92 Å². The van der Waals surface area contributed by atoms with Gasteiger partial charge in [0.1, 0.15) is 13.2 Å². The van der Waals surface area contributed by atoms with Gasteiger partial charge in [0.2, 0.25) is 5.88 Å². The number of para-hydroxylation sites is 1. The first-order chi connectivity index (χ1) is 16.2. The molecular formula is C22H17Cl2N3O6S. The minimum absolute atomic E-state index is 0.0114. The Bertz CT molecular complexity index is 1470. The van der Waals surface area contributed by atoms with Crippen molar-refractivity contribution in [3.8, 4) is 11.6 Å². The first-order valence-corrected chi connectivity index (χ1v) is 12.1. The van der Waals surface area contributed by atoms with Gasteiger partial charge in [0.25, 0.3) is 15.7 Å². The highest BCUT2D eigenvalue weighted by Gasteiger charge is 2.25. The third kappa shape index (κ3) is 4.65. The Hall–Kier alpha value is -3.34. The van der Waals surface area contributed by atoms with Crippen LogP contribution >= 0.6 is 23.2 Å². The molecule has 0 bridgehead atoms. The smallest absolute Gasteiger partial charge is 0.283 e. The molecule has 1 heterocycles. The molecule has 0 amide bonds. The number of aryl methyl sites for hydroxylation is 1. The highest BCUT2D eigenvalue weighted by Crippen LogP contribution is 2.33. The van der Waals surface area contributed by atoms with E-state index in [0.717, 1.165) is 9.65 Å². The summed E-state index contributed by atoms with van der Waals surface area (Å²) in [7, 11) is -4.09. The second-order valence-corrected chi connectivity index (χ2v) is 9.75. The van der Waals surface area contributed by atoms with E-state index in [9.17, 15) is 18.5 Å². The van der Waals surface area contributed by atoms with Gasteiger partial charge in [-0.25, -0.2) is 0 Å². The lowest BCUT2D eigenvalue weighted by Gasteiger charge is -2.10. The summed E-state index contributed by atoms with van der Waals surface area (Å²) in [6, 6.07) is 14.9. The maximum Gasteiger partial charge on any atom is 0.283 e. The van der Waals surface area contributed by atoms with Crippen LogP contribution in [0.3, 0.4) is 0 Å². The number of rotatable bonds is 8. The Morgan fingerprint density at radius 3 is 2.29 bits per heavy atom. The molecule has 0 radical (unpaired) electrons. The molecule has 0 N–H and O–H groups in total.